The number of benzene rings is 1. The molecule has 2 aromatic rings. The summed E-state index contributed by atoms with van der Waals surface area (Å²) in [6.45, 7) is 2.20. The maximum absolute atomic E-state index is 13.4. The molecule has 33 heavy (non-hydrogen) atoms. The van der Waals surface area contributed by atoms with Crippen molar-refractivity contribution >= 4 is 21.7 Å². The molecule has 1 aliphatic rings. The lowest BCUT2D eigenvalue weighted by atomic mass is 9.91. The van der Waals surface area contributed by atoms with Crippen molar-refractivity contribution in [2.75, 3.05) is 18.1 Å². The first-order chi connectivity index (χ1) is 15.5. The van der Waals surface area contributed by atoms with Crippen LogP contribution in [-0.2, 0) is 27.3 Å². The minimum atomic E-state index is -4.63. The van der Waals surface area contributed by atoms with E-state index in [1.807, 2.05) is 17.9 Å². The van der Waals surface area contributed by atoms with Crippen molar-refractivity contribution in [3.05, 3.63) is 53.6 Å². The number of aromatic nitrogens is 2. The van der Waals surface area contributed by atoms with Crippen LogP contribution in [0.2, 0.25) is 0 Å². The van der Waals surface area contributed by atoms with Crippen LogP contribution in [0.1, 0.15) is 43.0 Å². The Morgan fingerprint density at radius 1 is 1.39 bits per heavy atom. The van der Waals surface area contributed by atoms with Crippen LogP contribution in [0, 0.1) is 11.3 Å². The van der Waals surface area contributed by atoms with Crippen LogP contribution in [0.3, 0.4) is 0 Å². The molecule has 178 valence electrons. The van der Waals surface area contributed by atoms with Gasteiger partial charge in [0.05, 0.1) is 42.0 Å². The highest BCUT2D eigenvalue weighted by Crippen LogP contribution is 2.37. The fourth-order valence-electron chi connectivity index (χ4n) is 4.07. The van der Waals surface area contributed by atoms with Gasteiger partial charge in [-0.05, 0) is 50.0 Å². The van der Waals surface area contributed by atoms with Crippen molar-refractivity contribution in [2.45, 2.75) is 44.9 Å². The van der Waals surface area contributed by atoms with Gasteiger partial charge in [-0.2, -0.15) is 26.9 Å². The molecule has 12 heteroatoms. The summed E-state index contributed by atoms with van der Waals surface area (Å²) in [6, 6.07) is 5.28. The lowest BCUT2D eigenvalue weighted by molar-refractivity contribution is -0.137. The standard InChI is InChI=1S/C21H23F3N4O4S/c1-2-28(18-7-6-16(12-25)19(11-18)21(22,23)24)17-5-3-4-15(10-17)20-13-26-14-27(20)8-9-32-33(29,30)31/h4,6-7,11,13-14,17H,2-3,5,8-10H2,1H3,(H,29,30,31). The topological polar surface area (TPSA) is 108 Å². The number of alkyl halides is 3. The number of anilines is 1. The summed E-state index contributed by atoms with van der Waals surface area (Å²) >= 11 is 0. The number of imidazole rings is 1. The molecule has 0 radical (unpaired) electrons. The van der Waals surface area contributed by atoms with Gasteiger partial charge in [0.25, 0.3) is 0 Å². The van der Waals surface area contributed by atoms with E-state index in [2.05, 4.69) is 9.17 Å². The molecule has 0 amide bonds. The molecule has 1 aliphatic carbocycles. The zero-order chi connectivity index (χ0) is 24.2. The lowest BCUT2D eigenvalue weighted by Gasteiger charge is -2.36. The van der Waals surface area contributed by atoms with Crippen molar-refractivity contribution in [1.29, 1.82) is 5.26 Å². The van der Waals surface area contributed by atoms with Crippen molar-refractivity contribution < 1.29 is 30.3 Å². The van der Waals surface area contributed by atoms with E-state index >= 15 is 0 Å². The number of nitrogens with zero attached hydrogens (tertiary/aromatic N) is 4. The Labute approximate surface area is 189 Å². The minimum Gasteiger partial charge on any atom is -0.368 e. The number of hydrogen-bond donors (Lipinski definition) is 1. The van der Waals surface area contributed by atoms with Crippen molar-refractivity contribution in [1.82, 2.24) is 9.55 Å². The molecule has 1 aromatic heterocycles. The molecule has 0 saturated heterocycles. The van der Waals surface area contributed by atoms with E-state index in [1.54, 1.807) is 16.8 Å². The molecule has 0 fully saturated rings. The van der Waals surface area contributed by atoms with Gasteiger partial charge in [0.2, 0.25) is 0 Å². The highest BCUT2D eigenvalue weighted by molar-refractivity contribution is 7.80. The van der Waals surface area contributed by atoms with E-state index in [0.717, 1.165) is 23.8 Å². The molecule has 1 heterocycles. The number of rotatable bonds is 8. The quantitative estimate of drug-likeness (QED) is 0.563. The van der Waals surface area contributed by atoms with Crippen LogP contribution in [0.4, 0.5) is 18.9 Å². The molecule has 1 aromatic carbocycles. The second kappa shape index (κ2) is 9.94. The molecule has 8 nitrogen and oxygen atoms in total. The Morgan fingerprint density at radius 2 is 2.15 bits per heavy atom. The van der Waals surface area contributed by atoms with Gasteiger partial charge in [-0.15, -0.1) is 0 Å². The second-order valence-corrected chi connectivity index (χ2v) is 8.60. The molecule has 0 saturated carbocycles. The van der Waals surface area contributed by atoms with Crippen molar-refractivity contribution in [3.63, 3.8) is 0 Å². The first-order valence-corrected chi connectivity index (χ1v) is 11.6. The Kier molecular flexibility index (Phi) is 7.46. The number of hydrogen-bond acceptors (Lipinski definition) is 6. The Morgan fingerprint density at radius 3 is 2.79 bits per heavy atom. The normalized spacial score (nSPS) is 16.8. The zero-order valence-corrected chi connectivity index (χ0v) is 18.6. The average Bonchev–Trinajstić information content (AvgIpc) is 3.21. The molecule has 1 N–H and O–H groups in total. The highest BCUT2D eigenvalue weighted by atomic mass is 32.3. The molecule has 1 atom stereocenters. The number of allylic oxidation sites excluding steroid dienone is 1. The smallest absolute Gasteiger partial charge is 0.368 e. The third-order valence-corrected chi connectivity index (χ3v) is 5.96. The summed E-state index contributed by atoms with van der Waals surface area (Å²) in [7, 11) is -4.54. The first kappa shape index (κ1) is 24.8. The predicted molar refractivity (Wildman–Crippen MR) is 115 cm³/mol. The monoisotopic (exact) mass is 484 g/mol. The van der Waals surface area contributed by atoms with Gasteiger partial charge in [-0.1, -0.05) is 6.08 Å². The van der Waals surface area contributed by atoms with Crippen LogP contribution >= 0.6 is 0 Å². The summed E-state index contributed by atoms with van der Waals surface area (Å²) < 4.78 is 76.6. The Bertz CT molecular complexity index is 1170. The fourth-order valence-corrected chi connectivity index (χ4v) is 4.35. The summed E-state index contributed by atoms with van der Waals surface area (Å²) in [5, 5.41) is 9.05. The van der Waals surface area contributed by atoms with Crippen LogP contribution in [0.15, 0.2) is 36.8 Å². The van der Waals surface area contributed by atoms with Crippen LogP contribution in [0.25, 0.3) is 5.57 Å². The Balaban J connectivity index is 1.81. The third kappa shape index (κ3) is 6.13. The maximum Gasteiger partial charge on any atom is 0.417 e. The molecular formula is C21H23F3N4O4S. The minimum absolute atomic E-state index is 0.0820. The SMILES string of the molecule is CCN(c1ccc(C#N)c(C(F)(F)F)c1)C1CCC=C(c2cncn2CCOS(=O)(=O)O)C1. The lowest BCUT2D eigenvalue weighted by Crippen LogP contribution is -2.37. The van der Waals surface area contributed by atoms with E-state index in [1.165, 1.54) is 18.5 Å². The van der Waals surface area contributed by atoms with Gasteiger partial charge < -0.3 is 9.47 Å². The van der Waals surface area contributed by atoms with Gasteiger partial charge in [0, 0.05) is 24.8 Å². The summed E-state index contributed by atoms with van der Waals surface area (Å²) in [6.07, 6.45) is 2.52. The van der Waals surface area contributed by atoms with Gasteiger partial charge in [0.15, 0.2) is 0 Å². The van der Waals surface area contributed by atoms with Gasteiger partial charge in [-0.3, -0.25) is 4.55 Å². The predicted octanol–water partition coefficient (Wildman–Crippen LogP) is 4.06. The van der Waals surface area contributed by atoms with E-state index < -0.39 is 27.7 Å². The highest BCUT2D eigenvalue weighted by Gasteiger charge is 2.35. The number of nitriles is 1. The molecule has 0 spiro atoms. The van der Waals surface area contributed by atoms with Crippen LogP contribution in [-0.4, -0.2) is 41.7 Å². The molecule has 0 bridgehead atoms. The maximum atomic E-state index is 13.4. The van der Waals surface area contributed by atoms with E-state index in [0.29, 0.717) is 25.1 Å². The van der Waals surface area contributed by atoms with Gasteiger partial charge in [0.1, 0.15) is 0 Å². The van der Waals surface area contributed by atoms with Crippen LogP contribution < -0.4 is 4.90 Å². The molecule has 0 aliphatic heterocycles. The van der Waals surface area contributed by atoms with Crippen molar-refractivity contribution in [2.24, 2.45) is 0 Å². The van der Waals surface area contributed by atoms with E-state index in [4.69, 9.17) is 9.81 Å². The second-order valence-electron chi connectivity index (χ2n) is 7.51. The Hall–Kier alpha value is -2.88. The van der Waals surface area contributed by atoms with Gasteiger partial charge in [-0.25, -0.2) is 9.17 Å². The summed E-state index contributed by atoms with van der Waals surface area (Å²) in [5.74, 6) is 0. The van der Waals surface area contributed by atoms with Crippen LogP contribution in [0.5, 0.6) is 0 Å². The van der Waals surface area contributed by atoms with E-state index in [-0.39, 0.29) is 19.2 Å². The molecular weight excluding hydrogens is 461 g/mol. The molecule has 3 rings (SSSR count). The van der Waals surface area contributed by atoms with E-state index in [9.17, 15) is 21.6 Å². The fraction of sp³-hybridized carbons (Fsp3) is 0.429. The zero-order valence-electron chi connectivity index (χ0n) is 17.8. The van der Waals surface area contributed by atoms with Gasteiger partial charge >= 0.3 is 16.6 Å². The van der Waals surface area contributed by atoms with Crippen molar-refractivity contribution in [3.8, 4) is 6.07 Å². The first-order valence-electron chi connectivity index (χ1n) is 10.2. The largest absolute Gasteiger partial charge is 0.417 e. The number of halogens is 3. The summed E-state index contributed by atoms with van der Waals surface area (Å²) in [4.78, 5) is 6.00. The summed E-state index contributed by atoms with van der Waals surface area (Å²) in [5.41, 5.74) is 0.696. The average molecular weight is 485 g/mol. The third-order valence-electron chi connectivity index (χ3n) is 5.49. The molecule has 1 unspecified atom stereocenters.